The molecule has 2 saturated heterocycles. The van der Waals surface area contributed by atoms with Crippen LogP contribution in [0, 0.1) is 0 Å². The van der Waals surface area contributed by atoms with Crippen molar-refractivity contribution >= 4 is 40.6 Å². The molecule has 0 radical (unpaired) electrons. The number of esters is 1. The van der Waals surface area contributed by atoms with E-state index in [0.717, 1.165) is 35.4 Å². The Bertz CT molecular complexity index is 788. The Morgan fingerprint density at radius 2 is 2.00 bits per heavy atom. The fourth-order valence-corrected chi connectivity index (χ4v) is 3.64. The number of hydrogen-bond donors (Lipinski definition) is 0. The molecule has 27 heavy (non-hydrogen) atoms. The summed E-state index contributed by atoms with van der Waals surface area (Å²) in [5, 5.41) is -0.499. The van der Waals surface area contributed by atoms with Gasteiger partial charge in [0, 0.05) is 30.4 Å². The predicted octanol–water partition coefficient (Wildman–Crippen LogP) is 1.74. The number of amides is 2. The standard InChI is InChI=1S/C18H20N2O6S/c1-24-14-10-13(19-5-7-26-8-6-19)4-3-12(14)9-15-17(22)20(18(23)27-15)11-16(21)25-2/h3-4,9-10H,5-8,11H2,1-2H3/b15-9+. The SMILES string of the molecule is COC(=O)CN1C(=O)S/C(=C/c2ccc(N3CCOCC3)cc2OC)C1=O. The Morgan fingerprint density at radius 3 is 2.67 bits per heavy atom. The number of carbonyl (C=O) groups excluding carboxylic acids is 3. The molecule has 0 unspecified atom stereocenters. The number of thioether (sulfide) groups is 1. The van der Waals surface area contributed by atoms with Gasteiger partial charge >= 0.3 is 5.97 Å². The Hall–Kier alpha value is -2.52. The third-order valence-electron chi connectivity index (χ3n) is 4.27. The van der Waals surface area contributed by atoms with Crippen LogP contribution in [0.15, 0.2) is 23.1 Å². The second-order valence-electron chi connectivity index (χ2n) is 5.87. The van der Waals surface area contributed by atoms with Crippen LogP contribution in [0.3, 0.4) is 0 Å². The summed E-state index contributed by atoms with van der Waals surface area (Å²) in [6.07, 6.45) is 1.60. The fraction of sp³-hybridized carbons (Fsp3) is 0.389. The van der Waals surface area contributed by atoms with E-state index in [1.54, 1.807) is 13.2 Å². The van der Waals surface area contributed by atoms with Crippen LogP contribution in [0.25, 0.3) is 6.08 Å². The molecule has 0 saturated carbocycles. The van der Waals surface area contributed by atoms with E-state index in [2.05, 4.69) is 9.64 Å². The van der Waals surface area contributed by atoms with Crippen LogP contribution < -0.4 is 9.64 Å². The zero-order chi connectivity index (χ0) is 19.4. The lowest BCUT2D eigenvalue weighted by Crippen LogP contribution is -2.36. The smallest absolute Gasteiger partial charge is 0.325 e. The quantitative estimate of drug-likeness (QED) is 0.553. The molecule has 0 atom stereocenters. The Kier molecular flexibility index (Phi) is 6.02. The number of anilines is 1. The molecule has 9 heteroatoms. The van der Waals surface area contributed by atoms with Crippen LogP contribution in [-0.2, 0) is 19.1 Å². The third kappa shape index (κ3) is 4.25. The lowest BCUT2D eigenvalue weighted by atomic mass is 10.1. The number of hydrogen-bond acceptors (Lipinski definition) is 8. The molecule has 1 aromatic rings. The first-order valence-electron chi connectivity index (χ1n) is 8.36. The molecule has 0 aliphatic carbocycles. The van der Waals surface area contributed by atoms with E-state index >= 15 is 0 Å². The molecule has 0 N–H and O–H groups in total. The van der Waals surface area contributed by atoms with Gasteiger partial charge in [0.05, 0.1) is 32.3 Å². The Morgan fingerprint density at radius 1 is 1.26 bits per heavy atom. The lowest BCUT2D eigenvalue weighted by molar-refractivity contribution is -0.143. The summed E-state index contributed by atoms with van der Waals surface area (Å²) in [5.41, 5.74) is 1.68. The summed E-state index contributed by atoms with van der Waals surface area (Å²) in [5.74, 6) is -0.570. The third-order valence-corrected chi connectivity index (χ3v) is 5.18. The van der Waals surface area contributed by atoms with Crippen molar-refractivity contribution in [2.24, 2.45) is 0 Å². The molecule has 2 fully saturated rings. The van der Waals surface area contributed by atoms with Gasteiger partial charge in [-0.05, 0) is 30.0 Å². The van der Waals surface area contributed by atoms with Gasteiger partial charge in [0.2, 0.25) is 0 Å². The molecule has 3 rings (SSSR count). The van der Waals surface area contributed by atoms with Gasteiger partial charge in [-0.15, -0.1) is 0 Å². The minimum absolute atomic E-state index is 0.237. The Balaban J connectivity index is 1.82. The Labute approximate surface area is 161 Å². The average molecular weight is 392 g/mol. The van der Waals surface area contributed by atoms with E-state index in [4.69, 9.17) is 9.47 Å². The molecule has 144 valence electrons. The van der Waals surface area contributed by atoms with Gasteiger partial charge < -0.3 is 19.1 Å². The van der Waals surface area contributed by atoms with Crippen LogP contribution >= 0.6 is 11.8 Å². The van der Waals surface area contributed by atoms with Crippen LogP contribution in [0.2, 0.25) is 0 Å². The lowest BCUT2D eigenvalue weighted by Gasteiger charge is -2.29. The van der Waals surface area contributed by atoms with Gasteiger partial charge in [-0.3, -0.25) is 19.3 Å². The van der Waals surface area contributed by atoms with Crippen LogP contribution in [0.5, 0.6) is 5.75 Å². The summed E-state index contributed by atoms with van der Waals surface area (Å²) >= 11 is 0.789. The van der Waals surface area contributed by atoms with Crippen molar-refractivity contribution < 1.29 is 28.6 Å². The first-order valence-corrected chi connectivity index (χ1v) is 9.18. The van der Waals surface area contributed by atoms with E-state index in [0.29, 0.717) is 24.5 Å². The van der Waals surface area contributed by atoms with Crippen LogP contribution in [0.1, 0.15) is 5.56 Å². The maximum Gasteiger partial charge on any atom is 0.325 e. The highest BCUT2D eigenvalue weighted by molar-refractivity contribution is 8.18. The number of carbonyl (C=O) groups is 3. The first-order chi connectivity index (χ1) is 13.0. The number of methoxy groups -OCH3 is 2. The molecule has 2 amide bonds. The minimum atomic E-state index is -0.647. The first kappa shape index (κ1) is 19.2. The van der Waals surface area contributed by atoms with Crippen molar-refractivity contribution in [1.29, 1.82) is 0 Å². The van der Waals surface area contributed by atoms with Gasteiger partial charge in [0.15, 0.2) is 0 Å². The second-order valence-corrected chi connectivity index (χ2v) is 6.86. The topological polar surface area (TPSA) is 85.4 Å². The van der Waals surface area contributed by atoms with Crippen molar-refractivity contribution in [1.82, 2.24) is 4.90 Å². The monoisotopic (exact) mass is 392 g/mol. The van der Waals surface area contributed by atoms with Crippen molar-refractivity contribution in [2.75, 3.05) is 52.0 Å². The summed E-state index contributed by atoms with van der Waals surface area (Å²) in [7, 11) is 2.76. The van der Waals surface area contributed by atoms with Crippen LogP contribution in [0.4, 0.5) is 10.5 Å². The largest absolute Gasteiger partial charge is 0.496 e. The molecule has 1 aromatic carbocycles. The highest BCUT2D eigenvalue weighted by Gasteiger charge is 2.36. The van der Waals surface area contributed by atoms with Crippen molar-refractivity contribution in [3.05, 3.63) is 28.7 Å². The van der Waals surface area contributed by atoms with Gasteiger partial charge in [-0.2, -0.15) is 0 Å². The van der Waals surface area contributed by atoms with Crippen molar-refractivity contribution in [2.45, 2.75) is 0 Å². The number of nitrogens with zero attached hydrogens (tertiary/aromatic N) is 2. The number of benzene rings is 1. The molecule has 2 heterocycles. The highest BCUT2D eigenvalue weighted by atomic mass is 32.2. The van der Waals surface area contributed by atoms with Gasteiger partial charge in [-0.25, -0.2) is 0 Å². The van der Waals surface area contributed by atoms with Crippen molar-refractivity contribution in [3.63, 3.8) is 0 Å². The number of rotatable bonds is 5. The zero-order valence-electron chi connectivity index (χ0n) is 15.1. The summed E-state index contributed by atoms with van der Waals surface area (Å²) in [6, 6.07) is 5.69. The minimum Gasteiger partial charge on any atom is -0.496 e. The maximum atomic E-state index is 12.4. The summed E-state index contributed by atoms with van der Waals surface area (Å²) in [4.78, 5) is 39.1. The number of morpholine rings is 1. The molecule has 8 nitrogen and oxygen atoms in total. The zero-order valence-corrected chi connectivity index (χ0v) is 15.9. The molecule has 2 aliphatic heterocycles. The molecule has 0 bridgehead atoms. The molecular weight excluding hydrogens is 372 g/mol. The number of ether oxygens (including phenoxy) is 3. The maximum absolute atomic E-state index is 12.4. The van der Waals surface area contributed by atoms with E-state index < -0.39 is 23.7 Å². The van der Waals surface area contributed by atoms with E-state index in [1.807, 2.05) is 18.2 Å². The van der Waals surface area contributed by atoms with Gasteiger partial charge in [-0.1, -0.05) is 0 Å². The van der Waals surface area contributed by atoms with E-state index in [9.17, 15) is 14.4 Å². The van der Waals surface area contributed by atoms with Gasteiger partial charge in [0.25, 0.3) is 11.1 Å². The summed E-state index contributed by atoms with van der Waals surface area (Å²) in [6.45, 7) is 2.56. The molecule has 2 aliphatic rings. The predicted molar refractivity (Wildman–Crippen MR) is 101 cm³/mol. The van der Waals surface area contributed by atoms with Gasteiger partial charge in [0.1, 0.15) is 12.3 Å². The normalized spacial score (nSPS) is 19.0. The van der Waals surface area contributed by atoms with E-state index in [-0.39, 0.29) is 4.91 Å². The van der Waals surface area contributed by atoms with E-state index in [1.165, 1.54) is 7.11 Å². The second kappa shape index (κ2) is 8.45. The molecule has 0 aromatic heterocycles. The summed E-state index contributed by atoms with van der Waals surface area (Å²) < 4.78 is 15.4. The van der Waals surface area contributed by atoms with Crippen molar-refractivity contribution in [3.8, 4) is 5.75 Å². The number of imide groups is 1. The average Bonchev–Trinajstić information content (AvgIpc) is 2.96. The highest BCUT2D eigenvalue weighted by Crippen LogP contribution is 2.35. The fourth-order valence-electron chi connectivity index (χ4n) is 2.81. The molecular formula is C18H20N2O6S. The molecule has 0 spiro atoms. The van der Waals surface area contributed by atoms with Crippen LogP contribution in [-0.4, -0.2) is 69.1 Å².